The zero-order valence-electron chi connectivity index (χ0n) is 6.10. The van der Waals surface area contributed by atoms with Crippen LogP contribution in [0, 0.1) is 0 Å². The molecule has 1 aromatic rings. The molecule has 2 rings (SSSR count). The fourth-order valence-electron chi connectivity index (χ4n) is 1.05. The summed E-state index contributed by atoms with van der Waals surface area (Å²) in [6, 6.07) is 0. The third kappa shape index (κ3) is 1.45. The van der Waals surface area contributed by atoms with Crippen molar-refractivity contribution in [3.8, 4) is 0 Å². The highest BCUT2D eigenvalue weighted by Crippen LogP contribution is 2.25. The minimum atomic E-state index is 0.981. The quantitative estimate of drug-likeness (QED) is 0.590. The highest BCUT2D eigenvalue weighted by molar-refractivity contribution is 8.00. The first-order valence-corrected chi connectivity index (χ1v) is 4.57. The van der Waals surface area contributed by atoms with Gasteiger partial charge in [-0.15, -0.1) is 0 Å². The van der Waals surface area contributed by atoms with Gasteiger partial charge >= 0.3 is 0 Å². The maximum Gasteiger partial charge on any atom is 0.156 e. The van der Waals surface area contributed by atoms with Gasteiger partial charge in [-0.25, -0.2) is 4.98 Å². The Hall–Kier alpha value is -0.770. The van der Waals surface area contributed by atoms with Crippen LogP contribution in [0.4, 0.5) is 5.82 Å². The van der Waals surface area contributed by atoms with Crippen molar-refractivity contribution in [3.05, 3.63) is 18.6 Å². The first-order chi connectivity index (χ1) is 5.47. The van der Waals surface area contributed by atoms with Gasteiger partial charge in [0.05, 0.1) is 6.20 Å². The fourth-order valence-corrected chi connectivity index (χ4v) is 2.01. The van der Waals surface area contributed by atoms with Crippen molar-refractivity contribution in [1.82, 2.24) is 9.97 Å². The van der Waals surface area contributed by atoms with Crippen molar-refractivity contribution in [2.24, 2.45) is 0 Å². The van der Waals surface area contributed by atoms with Crippen molar-refractivity contribution in [2.75, 3.05) is 16.6 Å². The van der Waals surface area contributed by atoms with Crippen LogP contribution in [0.5, 0.6) is 0 Å². The van der Waals surface area contributed by atoms with Crippen molar-refractivity contribution >= 4 is 17.8 Å². The van der Waals surface area contributed by atoms with E-state index in [2.05, 4.69) is 14.3 Å². The summed E-state index contributed by atoms with van der Waals surface area (Å²) < 4.78 is 2.19. The van der Waals surface area contributed by atoms with Crippen molar-refractivity contribution in [1.29, 1.82) is 0 Å². The van der Waals surface area contributed by atoms with Crippen LogP contribution in [0.15, 0.2) is 18.6 Å². The number of aromatic nitrogens is 2. The van der Waals surface area contributed by atoms with Crippen LogP contribution in [0.2, 0.25) is 0 Å². The highest BCUT2D eigenvalue weighted by atomic mass is 32.2. The van der Waals surface area contributed by atoms with Gasteiger partial charge < -0.3 is 0 Å². The third-order valence-corrected chi connectivity index (χ3v) is 2.71. The van der Waals surface area contributed by atoms with Gasteiger partial charge in [-0.1, -0.05) is 0 Å². The molecule has 4 heteroatoms. The number of anilines is 1. The molecule has 0 aromatic carbocycles. The first kappa shape index (κ1) is 6.91. The minimum Gasteiger partial charge on any atom is -0.299 e. The first-order valence-electron chi connectivity index (χ1n) is 3.63. The Morgan fingerprint density at radius 1 is 1.45 bits per heavy atom. The summed E-state index contributed by atoms with van der Waals surface area (Å²) in [5.41, 5.74) is 0. The van der Waals surface area contributed by atoms with Crippen LogP contribution in [0.25, 0.3) is 0 Å². The number of nitrogens with zero attached hydrogens (tertiary/aromatic N) is 3. The molecule has 3 nitrogen and oxygen atoms in total. The van der Waals surface area contributed by atoms with Crippen LogP contribution in [-0.2, 0) is 0 Å². The largest absolute Gasteiger partial charge is 0.299 e. The lowest BCUT2D eigenvalue weighted by Gasteiger charge is -2.12. The van der Waals surface area contributed by atoms with Crippen molar-refractivity contribution in [2.45, 2.75) is 6.42 Å². The van der Waals surface area contributed by atoms with Gasteiger partial charge in [0.2, 0.25) is 0 Å². The molecule has 0 atom stereocenters. The smallest absolute Gasteiger partial charge is 0.156 e. The summed E-state index contributed by atoms with van der Waals surface area (Å²) in [7, 11) is 0. The molecule has 0 unspecified atom stereocenters. The minimum absolute atomic E-state index is 0.981. The molecule has 58 valence electrons. The Bertz CT molecular complexity index is 220. The maximum absolute atomic E-state index is 4.20. The lowest BCUT2D eigenvalue weighted by Crippen LogP contribution is -2.10. The van der Waals surface area contributed by atoms with Crippen LogP contribution in [0.1, 0.15) is 6.42 Å². The Morgan fingerprint density at radius 3 is 3.09 bits per heavy atom. The second-order valence-electron chi connectivity index (χ2n) is 2.35. The topological polar surface area (TPSA) is 29.0 Å². The Balaban J connectivity index is 2.16. The Labute approximate surface area is 70.0 Å². The van der Waals surface area contributed by atoms with Crippen molar-refractivity contribution in [3.63, 3.8) is 0 Å². The van der Waals surface area contributed by atoms with Gasteiger partial charge in [0.25, 0.3) is 0 Å². The number of hydrogen-bond acceptors (Lipinski definition) is 4. The average Bonchev–Trinajstić information content (AvgIpc) is 2.58. The summed E-state index contributed by atoms with van der Waals surface area (Å²) in [5.74, 6) is 2.19. The van der Waals surface area contributed by atoms with Crippen LogP contribution in [-0.4, -0.2) is 22.3 Å². The van der Waals surface area contributed by atoms with Gasteiger partial charge in [-0.05, 0) is 18.4 Å². The standard InChI is InChI=1S/C7H9N3S/c1-4-10(11-5-1)7-6-8-2-3-9-7/h2-3,6H,1,4-5H2. The van der Waals surface area contributed by atoms with Gasteiger partial charge in [-0.3, -0.25) is 9.29 Å². The van der Waals surface area contributed by atoms with Crippen LogP contribution < -0.4 is 4.31 Å². The molecule has 1 aliphatic heterocycles. The molecule has 0 spiro atoms. The van der Waals surface area contributed by atoms with Gasteiger partial charge in [-0.2, -0.15) is 0 Å². The average molecular weight is 167 g/mol. The molecule has 1 fully saturated rings. The molecule has 1 aliphatic rings. The molecular formula is C7H9N3S. The molecule has 2 heterocycles. The molecule has 11 heavy (non-hydrogen) atoms. The third-order valence-electron chi connectivity index (χ3n) is 1.56. The molecule has 1 aromatic heterocycles. The van der Waals surface area contributed by atoms with E-state index in [4.69, 9.17) is 0 Å². The summed E-state index contributed by atoms with van der Waals surface area (Å²) in [5, 5.41) is 0. The van der Waals surface area contributed by atoms with Crippen LogP contribution in [0.3, 0.4) is 0 Å². The molecule has 0 saturated carbocycles. The summed E-state index contributed by atoms with van der Waals surface area (Å²) >= 11 is 1.83. The van der Waals surface area contributed by atoms with E-state index < -0.39 is 0 Å². The second kappa shape index (κ2) is 3.09. The lowest BCUT2D eigenvalue weighted by molar-refractivity contribution is 0.966. The van der Waals surface area contributed by atoms with Gasteiger partial charge in [0.1, 0.15) is 0 Å². The van der Waals surface area contributed by atoms with E-state index in [-0.39, 0.29) is 0 Å². The maximum atomic E-state index is 4.20. The summed E-state index contributed by atoms with van der Waals surface area (Å²) in [6.07, 6.45) is 6.48. The predicted molar refractivity (Wildman–Crippen MR) is 46.5 cm³/mol. The zero-order chi connectivity index (χ0) is 7.52. The molecule has 0 bridgehead atoms. The van der Waals surface area contributed by atoms with Crippen LogP contribution >= 0.6 is 11.9 Å². The van der Waals surface area contributed by atoms with E-state index in [1.54, 1.807) is 18.6 Å². The molecule has 0 N–H and O–H groups in total. The Morgan fingerprint density at radius 2 is 2.45 bits per heavy atom. The summed E-state index contributed by atoms with van der Waals surface area (Å²) in [4.78, 5) is 8.22. The van der Waals surface area contributed by atoms with E-state index in [1.165, 1.54) is 12.2 Å². The number of rotatable bonds is 1. The molecule has 0 aliphatic carbocycles. The monoisotopic (exact) mass is 167 g/mol. The zero-order valence-corrected chi connectivity index (χ0v) is 6.92. The number of hydrogen-bond donors (Lipinski definition) is 0. The van der Waals surface area contributed by atoms with E-state index in [9.17, 15) is 0 Å². The lowest BCUT2D eigenvalue weighted by atomic mass is 10.5. The normalized spacial score (nSPS) is 17.3. The van der Waals surface area contributed by atoms with E-state index in [1.807, 2.05) is 11.9 Å². The highest BCUT2D eigenvalue weighted by Gasteiger charge is 2.13. The van der Waals surface area contributed by atoms with Gasteiger partial charge in [0.15, 0.2) is 5.82 Å². The molecule has 0 amide bonds. The predicted octanol–water partition coefficient (Wildman–Crippen LogP) is 1.33. The van der Waals surface area contributed by atoms with E-state index in [0.717, 1.165) is 12.4 Å². The SMILES string of the molecule is c1cnc(N2CCCS2)cn1. The van der Waals surface area contributed by atoms with E-state index >= 15 is 0 Å². The molecular weight excluding hydrogens is 158 g/mol. The second-order valence-corrected chi connectivity index (χ2v) is 3.46. The fraction of sp³-hybridized carbons (Fsp3) is 0.429. The Kier molecular flexibility index (Phi) is 1.94. The van der Waals surface area contributed by atoms with Crippen molar-refractivity contribution < 1.29 is 0 Å². The van der Waals surface area contributed by atoms with E-state index in [0.29, 0.717) is 0 Å². The molecule has 0 radical (unpaired) electrons. The summed E-state index contributed by atoms with van der Waals surface area (Å²) in [6.45, 7) is 1.10. The molecule has 1 saturated heterocycles. The van der Waals surface area contributed by atoms with Gasteiger partial charge in [0, 0.05) is 24.7 Å².